The Kier molecular flexibility index (Phi) is 52.7. The maximum Gasteiger partial charge on any atom is 0.305 e. The number of benzene rings is 2. The van der Waals surface area contributed by atoms with Crippen molar-refractivity contribution in [1.29, 1.82) is 16.2 Å². The third-order valence-corrected chi connectivity index (χ3v) is 23.0. The Morgan fingerprint density at radius 2 is 0.837 bits per heavy atom. The van der Waals surface area contributed by atoms with Gasteiger partial charge in [-0.15, -0.1) is 0 Å². The van der Waals surface area contributed by atoms with Gasteiger partial charge in [0.1, 0.15) is 84.6 Å². The highest BCUT2D eigenvalue weighted by Gasteiger charge is 2.43. The van der Waals surface area contributed by atoms with E-state index in [1.807, 2.05) is 0 Å². The number of carboxylic acid groups (broad SMARTS) is 1. The maximum atomic E-state index is 15.4. The van der Waals surface area contributed by atoms with Crippen LogP contribution in [0.25, 0.3) is 10.9 Å². The van der Waals surface area contributed by atoms with Crippen LogP contribution in [-0.4, -0.2) is 282 Å². The topological polar surface area (TPSA) is 874 Å². The number of hydrogen-bond donors (Lipinski definition) is 31. The van der Waals surface area contributed by atoms with Crippen LogP contribution in [0.5, 0.6) is 0 Å². The molecule has 0 saturated carbocycles. The van der Waals surface area contributed by atoms with E-state index in [1.165, 1.54) is 11.1 Å². The number of nitrogens with zero attached hydrogens (tertiary/aromatic N) is 1. The van der Waals surface area contributed by atoms with Gasteiger partial charge in [-0.1, -0.05) is 96.5 Å². The number of primary amides is 3. The normalized spacial score (nSPS) is 15.2. The summed E-state index contributed by atoms with van der Waals surface area (Å²) in [5, 5.41) is 78.3. The summed E-state index contributed by atoms with van der Waals surface area (Å²) in [6.07, 6.45) is -0.897. The van der Waals surface area contributed by atoms with E-state index in [4.69, 9.17) is 67.8 Å². The Balaban J connectivity index is 1.70. The maximum absolute atomic E-state index is 15.4. The largest absolute Gasteiger partial charge is 0.481 e. The van der Waals surface area contributed by atoms with Gasteiger partial charge in [0.25, 0.3) is 0 Å². The van der Waals surface area contributed by atoms with Crippen molar-refractivity contribution in [3.63, 3.8) is 0 Å². The second-order valence-corrected chi connectivity index (χ2v) is 35.5. The smallest absolute Gasteiger partial charge is 0.305 e. The number of hydrogen-bond acceptors (Lipinski definition) is 25. The molecule has 3 aromatic rings. The van der Waals surface area contributed by atoms with Crippen LogP contribution in [0.2, 0.25) is 0 Å². The number of amides is 18. The van der Waals surface area contributed by atoms with E-state index >= 15 is 33.6 Å². The molecule has 0 unspecified atom stereocenters. The molecule has 40 N–H and O–H groups in total. The SMILES string of the molecule is CC[C@H](C)[C@H](NC(=O)[C@H](CCCNC(=N)N)NC(=O)[C@H](CCCNC(=N)N)NC(=O)[C@H](CC(C)C)NC(=O)[C@H](Cc1ccccc1)NC(=O)CNC(=O)CN)C(=O)N[C@@H](CCCNC(=N)N)C(=O)N1CCC[C@H]1C(=O)N[C@@H](CCCCN)C(=O)N[C@@H](CC(C)C)C(=O)N[C@@H](CCCCN)C(=O)N[C@@H](Cc1c[nH]c2ccccc12)C(=O)N[C@@H](CC(=O)O)C(=O)N[C@@H](CC(N)=O)C(=O)N[C@@H](CCC(N)=O)C(N)=O. The summed E-state index contributed by atoms with van der Waals surface area (Å²) in [6, 6.07) is -6.23. The standard InChI is InChI=1S/C90H147N31O20/c1-7-50(6)73(120-78(132)59(28-18-36-104-89(99)100)110-75(129)58(27-17-35-103-88(97)98)112-80(134)62(40-49(4)5)116-81(135)63(41-51-21-9-8-10-22-51)108-71(125)47-107-70(124)45-93)86(140)114-60(29-19-37-105-90(101)102)87(141)121-38-20-30-67(121)85(139)113-57(26-14-16-34-92)77(131)115-61(39-48(2)3)79(133)111-56(25-13-15-33-91)76(130)117-64(42-52-46-106-54-24-12-11-23-53(52)54)82(136)119-66(44-72(126)127)84(138)118-65(43-69(95)123)83(137)109-55(74(96)128)31-32-68(94)122/h8-12,21-24,46,48-50,55-67,73,106H,7,13-20,25-45,47,91-93H2,1-6H3,(H2,94,122)(H2,95,123)(H2,96,128)(H,107,124)(H,108,125)(H,109,137)(H,110,129)(H,111,133)(H,112,134)(H,113,139)(H,114,140)(H,115,131)(H,116,135)(H,117,130)(H,118,138)(H,119,136)(H,120,132)(H,126,127)(H4,97,98,103)(H4,99,100,104)(H4,101,102,105)/t50-,55-,56-,57-,58-,59-,60-,61-,62-,63-,64-,65-,66-,67-,73-/m0/s1. The van der Waals surface area contributed by atoms with E-state index in [0.717, 1.165) is 0 Å². The van der Waals surface area contributed by atoms with E-state index in [2.05, 4.69) is 95.4 Å². The average Bonchev–Trinajstić information content (AvgIpc) is 1.71. The van der Waals surface area contributed by atoms with Crippen LogP contribution in [-0.2, 0) is 104 Å². The number of guanidine groups is 3. The minimum absolute atomic E-state index is 0.00153. The number of aromatic amines is 1. The highest BCUT2D eigenvalue weighted by molar-refractivity contribution is 6.02. The lowest BCUT2D eigenvalue weighted by Crippen LogP contribution is -2.61. The van der Waals surface area contributed by atoms with Gasteiger partial charge in [0.15, 0.2) is 17.9 Å². The number of nitrogens with two attached hydrogens (primary N) is 9. The third-order valence-electron chi connectivity index (χ3n) is 23.0. The van der Waals surface area contributed by atoms with Gasteiger partial charge < -0.3 is 157 Å². The van der Waals surface area contributed by atoms with E-state index < -0.39 is 259 Å². The highest BCUT2D eigenvalue weighted by Crippen LogP contribution is 2.24. The molecule has 1 fully saturated rings. The van der Waals surface area contributed by atoms with Gasteiger partial charge in [0, 0.05) is 62.5 Å². The summed E-state index contributed by atoms with van der Waals surface area (Å²) in [6.45, 7) is 9.68. The molecular formula is C90H147N31O20. The molecule has 4 rings (SSSR count). The molecule has 1 saturated heterocycles. The van der Waals surface area contributed by atoms with Gasteiger partial charge in [0.2, 0.25) is 106 Å². The third kappa shape index (κ3) is 44.1. The molecule has 1 aromatic heterocycles. The summed E-state index contributed by atoms with van der Waals surface area (Å²) in [5.74, 6) is -21.4. The monoisotopic (exact) mass is 1980 g/mol. The van der Waals surface area contributed by atoms with E-state index in [-0.39, 0.29) is 160 Å². The molecule has 1 aliphatic heterocycles. The van der Waals surface area contributed by atoms with Crippen LogP contribution in [0.3, 0.4) is 0 Å². The molecule has 0 aliphatic carbocycles. The zero-order valence-corrected chi connectivity index (χ0v) is 80.9. The lowest BCUT2D eigenvalue weighted by atomic mass is 9.96. The average molecular weight is 1980 g/mol. The lowest BCUT2D eigenvalue weighted by molar-refractivity contribution is -0.143. The quantitative estimate of drug-likeness (QED) is 0.0142. The number of aromatic nitrogens is 1. The molecule has 2 heterocycles. The van der Waals surface area contributed by atoms with Gasteiger partial charge in [-0.3, -0.25) is 107 Å². The minimum atomic E-state index is -2.08. The molecule has 51 heteroatoms. The number of rotatable bonds is 67. The van der Waals surface area contributed by atoms with Gasteiger partial charge in [-0.25, -0.2) is 0 Å². The first-order chi connectivity index (χ1) is 66.8. The summed E-state index contributed by atoms with van der Waals surface area (Å²) < 4.78 is 0. The predicted molar refractivity (Wildman–Crippen MR) is 519 cm³/mol. The zero-order valence-electron chi connectivity index (χ0n) is 80.9. The fourth-order valence-electron chi connectivity index (χ4n) is 15.4. The minimum Gasteiger partial charge on any atom is -0.481 e. The van der Waals surface area contributed by atoms with Crippen LogP contribution in [0, 0.1) is 34.0 Å². The molecule has 18 amide bonds. The summed E-state index contributed by atoms with van der Waals surface area (Å²) in [7, 11) is 0. The first-order valence-corrected chi connectivity index (χ1v) is 47.3. The van der Waals surface area contributed by atoms with Crippen LogP contribution >= 0.6 is 0 Å². The number of unbranched alkanes of at least 4 members (excludes halogenated alkanes) is 2. The zero-order chi connectivity index (χ0) is 105. The molecule has 0 spiro atoms. The fourth-order valence-corrected chi connectivity index (χ4v) is 15.4. The molecule has 0 radical (unpaired) electrons. The Bertz CT molecular complexity index is 4750. The van der Waals surface area contributed by atoms with Gasteiger partial charge >= 0.3 is 5.97 Å². The fraction of sp³-hybridized carbons (Fsp3) is 0.600. The number of carbonyl (C=O) groups is 19. The second-order valence-electron chi connectivity index (χ2n) is 35.5. The van der Waals surface area contributed by atoms with Crippen molar-refractivity contribution >= 4 is 141 Å². The van der Waals surface area contributed by atoms with Crippen molar-refractivity contribution in [2.75, 3.05) is 52.4 Å². The van der Waals surface area contributed by atoms with Gasteiger partial charge in [-0.2, -0.15) is 0 Å². The van der Waals surface area contributed by atoms with Gasteiger partial charge in [-0.05, 0) is 157 Å². The lowest BCUT2D eigenvalue weighted by Gasteiger charge is -2.32. The summed E-state index contributed by atoms with van der Waals surface area (Å²) >= 11 is 0. The second kappa shape index (κ2) is 62.5. The van der Waals surface area contributed by atoms with Crippen LogP contribution in [0.4, 0.5) is 0 Å². The predicted octanol–water partition coefficient (Wildman–Crippen LogP) is -7.39. The van der Waals surface area contributed by atoms with Crippen molar-refractivity contribution in [3.8, 4) is 0 Å². The Labute approximate surface area is 817 Å². The molecular weight excluding hydrogens is 1840 g/mol. The Hall–Kier alpha value is -14.4. The van der Waals surface area contributed by atoms with Crippen molar-refractivity contribution in [2.24, 2.45) is 69.4 Å². The molecule has 0 bridgehead atoms. The molecule has 15 atom stereocenters. The number of H-pyrrole nitrogens is 1. The molecule has 2 aromatic carbocycles. The van der Waals surface area contributed by atoms with Crippen LogP contribution in [0.1, 0.15) is 188 Å². The first-order valence-electron chi connectivity index (χ1n) is 47.3. The number of aliphatic carboxylic acids is 1. The number of likely N-dealkylation sites (tertiary alicyclic amines) is 1. The van der Waals surface area contributed by atoms with Crippen molar-refractivity contribution in [3.05, 3.63) is 71.9 Å². The number of para-hydroxylation sites is 1. The van der Waals surface area contributed by atoms with E-state index in [0.29, 0.717) is 34.9 Å². The Morgan fingerprint density at radius 1 is 0.426 bits per heavy atom. The van der Waals surface area contributed by atoms with Crippen molar-refractivity contribution in [2.45, 2.75) is 274 Å². The first kappa shape index (κ1) is 119. The number of carboxylic acids is 1. The number of carbonyl (C=O) groups excluding carboxylic acids is 18. The summed E-state index contributed by atoms with van der Waals surface area (Å²) in [5.41, 5.74) is 51.8. The molecule has 782 valence electrons. The van der Waals surface area contributed by atoms with Crippen molar-refractivity contribution < 1.29 is 96.2 Å². The van der Waals surface area contributed by atoms with E-state index in [9.17, 15) is 62.6 Å². The molecule has 1 aliphatic rings. The van der Waals surface area contributed by atoms with E-state index in [1.54, 1.807) is 96.1 Å². The molecule has 51 nitrogen and oxygen atoms in total. The highest BCUT2D eigenvalue weighted by atomic mass is 16.4. The Morgan fingerprint density at radius 3 is 1.30 bits per heavy atom. The number of nitrogens with one attached hydrogen (secondary N) is 21. The van der Waals surface area contributed by atoms with Crippen molar-refractivity contribution in [1.82, 2.24) is 100 Å². The van der Waals surface area contributed by atoms with Crippen LogP contribution in [0.15, 0.2) is 60.8 Å². The van der Waals surface area contributed by atoms with Crippen LogP contribution < -0.4 is 142 Å². The summed E-state index contributed by atoms with van der Waals surface area (Å²) in [4.78, 5) is 270. The number of fused-ring (bicyclic) bond motifs is 1. The van der Waals surface area contributed by atoms with Gasteiger partial charge in [0.05, 0.1) is 25.9 Å². The molecule has 141 heavy (non-hydrogen) atoms.